The quantitative estimate of drug-likeness (QED) is 0.781. The van der Waals surface area contributed by atoms with Crippen molar-refractivity contribution in [1.29, 1.82) is 0 Å². The normalized spacial score (nSPS) is 16.8. The van der Waals surface area contributed by atoms with Crippen molar-refractivity contribution in [2.75, 3.05) is 6.61 Å². The molecule has 1 atom stereocenters. The van der Waals surface area contributed by atoms with Crippen LogP contribution in [0.5, 0.6) is 5.75 Å². The van der Waals surface area contributed by atoms with E-state index in [-0.39, 0.29) is 23.8 Å². The monoisotopic (exact) mass is 359 g/mol. The van der Waals surface area contributed by atoms with Crippen molar-refractivity contribution < 1.29 is 27.5 Å². The van der Waals surface area contributed by atoms with E-state index in [1.807, 2.05) is 0 Å². The third-order valence-corrected chi connectivity index (χ3v) is 4.18. The van der Waals surface area contributed by atoms with E-state index in [0.29, 0.717) is 5.56 Å². The van der Waals surface area contributed by atoms with E-state index in [2.05, 4.69) is 10.3 Å². The molecule has 9 heteroatoms. The van der Waals surface area contributed by atoms with E-state index in [9.17, 15) is 22.8 Å². The van der Waals surface area contributed by atoms with Crippen LogP contribution in [-0.4, -0.2) is 35.1 Å². The largest absolute Gasteiger partial charge is 0.484 e. The van der Waals surface area contributed by atoms with Gasteiger partial charge in [0.2, 0.25) is 5.91 Å². The molecule has 0 bridgehead atoms. The topological polar surface area (TPSA) is 94.3 Å². The van der Waals surface area contributed by atoms with E-state index < -0.39 is 30.1 Å². The minimum absolute atomic E-state index is 0.0164. The first-order chi connectivity index (χ1) is 11.6. The minimum atomic E-state index is -4.49. The highest BCUT2D eigenvalue weighted by Crippen LogP contribution is 2.44. The maximum atomic E-state index is 12.4. The fourth-order valence-electron chi connectivity index (χ4n) is 2.20. The maximum Gasteiger partial charge on any atom is 0.422 e. The standard InChI is InChI=1S/C16H20F3N3O3/c1-3-15(2,14(20)24)22-13(23)11-6-12(25-8-16(17,18)19)10(7-21-11)9-4-5-9/h6-7,9H,3-5,8H2,1-2H3,(H2,20,24)(H,22,23). The van der Waals surface area contributed by atoms with Gasteiger partial charge in [-0.1, -0.05) is 6.92 Å². The molecule has 0 aliphatic heterocycles. The maximum absolute atomic E-state index is 12.4. The molecule has 3 N–H and O–H groups in total. The van der Waals surface area contributed by atoms with Crippen LogP contribution in [0.15, 0.2) is 12.3 Å². The second kappa shape index (κ2) is 6.89. The van der Waals surface area contributed by atoms with Crippen LogP contribution < -0.4 is 15.8 Å². The van der Waals surface area contributed by atoms with Crippen LogP contribution in [0, 0.1) is 0 Å². The van der Waals surface area contributed by atoms with Gasteiger partial charge in [0, 0.05) is 17.8 Å². The smallest absolute Gasteiger partial charge is 0.422 e. The molecular formula is C16H20F3N3O3. The number of hydrogen-bond acceptors (Lipinski definition) is 4. The van der Waals surface area contributed by atoms with Gasteiger partial charge in [-0.05, 0) is 32.1 Å². The van der Waals surface area contributed by atoms with Crippen molar-refractivity contribution in [3.05, 3.63) is 23.5 Å². The Labute approximate surface area is 142 Å². The molecule has 1 unspecified atom stereocenters. The number of amides is 2. The van der Waals surface area contributed by atoms with Crippen LogP contribution in [0.25, 0.3) is 0 Å². The van der Waals surface area contributed by atoms with Gasteiger partial charge < -0.3 is 15.8 Å². The number of nitrogens with two attached hydrogens (primary N) is 1. The van der Waals surface area contributed by atoms with Crippen LogP contribution in [-0.2, 0) is 4.79 Å². The number of primary amides is 1. The molecule has 0 radical (unpaired) electrons. The summed E-state index contributed by atoms with van der Waals surface area (Å²) in [5.41, 5.74) is 4.42. The zero-order valence-electron chi connectivity index (χ0n) is 13.9. The van der Waals surface area contributed by atoms with E-state index in [1.165, 1.54) is 19.2 Å². The number of halogens is 3. The van der Waals surface area contributed by atoms with Crippen molar-refractivity contribution >= 4 is 11.8 Å². The molecule has 1 aliphatic rings. The molecule has 0 saturated heterocycles. The summed E-state index contributed by atoms with van der Waals surface area (Å²) in [6, 6.07) is 1.17. The van der Waals surface area contributed by atoms with Crippen LogP contribution in [0.3, 0.4) is 0 Å². The second-order valence-electron chi connectivity index (χ2n) is 6.29. The lowest BCUT2D eigenvalue weighted by atomic mass is 9.98. The Kier molecular flexibility index (Phi) is 5.24. The lowest BCUT2D eigenvalue weighted by molar-refractivity contribution is -0.153. The van der Waals surface area contributed by atoms with Crippen molar-refractivity contribution in [2.45, 2.75) is 50.7 Å². The number of nitrogens with one attached hydrogen (secondary N) is 1. The van der Waals surface area contributed by atoms with Gasteiger partial charge in [-0.25, -0.2) is 0 Å². The highest BCUT2D eigenvalue weighted by Gasteiger charge is 2.34. The summed E-state index contributed by atoms with van der Waals surface area (Å²) < 4.78 is 42.2. The number of rotatable bonds is 7. The lowest BCUT2D eigenvalue weighted by Gasteiger charge is -2.25. The number of carbonyl (C=O) groups excluding carboxylic acids is 2. The molecule has 0 aromatic carbocycles. The molecule has 1 heterocycles. The number of hydrogen-bond donors (Lipinski definition) is 2. The summed E-state index contributed by atoms with van der Waals surface area (Å²) in [5, 5.41) is 2.47. The Hall–Kier alpha value is -2.32. The van der Waals surface area contributed by atoms with Crippen molar-refractivity contribution in [1.82, 2.24) is 10.3 Å². The van der Waals surface area contributed by atoms with E-state index >= 15 is 0 Å². The highest BCUT2D eigenvalue weighted by atomic mass is 19.4. The van der Waals surface area contributed by atoms with Crippen LogP contribution >= 0.6 is 0 Å². The number of carbonyl (C=O) groups is 2. The molecule has 2 rings (SSSR count). The first kappa shape index (κ1) is 19.0. The van der Waals surface area contributed by atoms with Crippen LogP contribution in [0.1, 0.15) is 55.1 Å². The lowest BCUT2D eigenvalue weighted by Crippen LogP contribution is -2.55. The molecular weight excluding hydrogens is 339 g/mol. The molecule has 1 aliphatic carbocycles. The fourth-order valence-corrected chi connectivity index (χ4v) is 2.20. The summed E-state index contributed by atoms with van der Waals surface area (Å²) in [5.74, 6) is -1.34. The molecule has 2 amide bonds. The van der Waals surface area contributed by atoms with Crippen molar-refractivity contribution in [3.63, 3.8) is 0 Å². The Bertz CT molecular complexity index is 674. The number of nitrogens with zero attached hydrogens (tertiary/aromatic N) is 1. The molecule has 25 heavy (non-hydrogen) atoms. The average Bonchev–Trinajstić information content (AvgIpc) is 3.36. The number of pyridine rings is 1. The Morgan fingerprint density at radius 1 is 1.40 bits per heavy atom. The van der Waals surface area contributed by atoms with Crippen molar-refractivity contribution in [2.24, 2.45) is 5.73 Å². The number of ether oxygens (including phenoxy) is 1. The third kappa shape index (κ3) is 4.83. The van der Waals surface area contributed by atoms with Gasteiger partial charge >= 0.3 is 6.18 Å². The van der Waals surface area contributed by atoms with Gasteiger partial charge in [-0.2, -0.15) is 13.2 Å². The zero-order chi connectivity index (χ0) is 18.8. The summed E-state index contributed by atoms with van der Waals surface area (Å²) in [6.45, 7) is 1.69. The van der Waals surface area contributed by atoms with Gasteiger partial charge in [0.15, 0.2) is 6.61 Å². The molecule has 0 spiro atoms. The van der Waals surface area contributed by atoms with Gasteiger partial charge in [-0.3, -0.25) is 14.6 Å². The molecule has 6 nitrogen and oxygen atoms in total. The van der Waals surface area contributed by atoms with Gasteiger partial charge in [0.05, 0.1) is 0 Å². The Morgan fingerprint density at radius 2 is 2.04 bits per heavy atom. The van der Waals surface area contributed by atoms with Gasteiger partial charge in [0.25, 0.3) is 5.91 Å². The van der Waals surface area contributed by atoms with E-state index in [1.54, 1.807) is 6.92 Å². The Morgan fingerprint density at radius 3 is 2.52 bits per heavy atom. The summed E-state index contributed by atoms with van der Waals surface area (Å²) in [7, 11) is 0. The SMILES string of the molecule is CCC(C)(NC(=O)c1cc(OCC(F)(F)F)c(C2CC2)cn1)C(N)=O. The molecule has 1 fully saturated rings. The third-order valence-electron chi connectivity index (χ3n) is 4.18. The summed E-state index contributed by atoms with van der Waals surface area (Å²) in [6.07, 6.45) is -1.20. The summed E-state index contributed by atoms with van der Waals surface area (Å²) in [4.78, 5) is 27.8. The number of aromatic nitrogens is 1. The second-order valence-corrected chi connectivity index (χ2v) is 6.29. The molecule has 1 saturated carbocycles. The minimum Gasteiger partial charge on any atom is -0.484 e. The zero-order valence-corrected chi connectivity index (χ0v) is 13.9. The van der Waals surface area contributed by atoms with Crippen LogP contribution in [0.4, 0.5) is 13.2 Å². The molecule has 1 aromatic rings. The summed E-state index contributed by atoms with van der Waals surface area (Å²) >= 11 is 0. The van der Waals surface area contributed by atoms with Gasteiger partial charge in [0.1, 0.15) is 17.0 Å². The van der Waals surface area contributed by atoms with Crippen molar-refractivity contribution in [3.8, 4) is 5.75 Å². The van der Waals surface area contributed by atoms with E-state index in [0.717, 1.165) is 12.8 Å². The predicted molar refractivity (Wildman–Crippen MR) is 83.1 cm³/mol. The van der Waals surface area contributed by atoms with Crippen LogP contribution in [0.2, 0.25) is 0 Å². The molecule has 138 valence electrons. The van der Waals surface area contributed by atoms with E-state index in [4.69, 9.17) is 10.5 Å². The first-order valence-electron chi connectivity index (χ1n) is 7.87. The number of alkyl halides is 3. The predicted octanol–water partition coefficient (Wildman–Crippen LogP) is 2.28. The van der Waals surface area contributed by atoms with Gasteiger partial charge in [-0.15, -0.1) is 0 Å². The average molecular weight is 359 g/mol. The Balaban J connectivity index is 2.23. The fraction of sp³-hybridized carbons (Fsp3) is 0.562. The first-order valence-corrected chi connectivity index (χ1v) is 7.87. The highest BCUT2D eigenvalue weighted by molar-refractivity contribution is 5.97. The molecule has 1 aromatic heterocycles.